The van der Waals surface area contributed by atoms with Gasteiger partial charge >= 0.3 is 11.9 Å². The molecule has 4 heteroatoms. The second-order valence-corrected chi connectivity index (χ2v) is 6.18. The highest BCUT2D eigenvalue weighted by Gasteiger charge is 1.95. The molecule has 0 unspecified atom stereocenters. The lowest BCUT2D eigenvalue weighted by molar-refractivity contribution is -0.138. The first-order valence-electron chi connectivity index (χ1n) is 9.95. The highest BCUT2D eigenvalue weighted by Crippen LogP contribution is 2.02. The Labute approximate surface area is 173 Å². The molecule has 0 aliphatic heterocycles. The summed E-state index contributed by atoms with van der Waals surface area (Å²) in [5, 5.41) is 0. The Hall–Kier alpha value is -3.14. The van der Waals surface area contributed by atoms with Crippen LogP contribution in [0.25, 0.3) is 12.2 Å². The van der Waals surface area contributed by atoms with E-state index in [1.165, 1.54) is 12.2 Å². The molecule has 29 heavy (non-hydrogen) atoms. The maximum absolute atomic E-state index is 11.2. The van der Waals surface area contributed by atoms with Crippen molar-refractivity contribution in [2.45, 2.75) is 33.1 Å². The predicted octanol–water partition coefficient (Wildman–Crippen LogP) is 5.70. The molecule has 2 rings (SSSR count). The molecule has 0 amide bonds. The number of rotatable bonds is 9. The van der Waals surface area contributed by atoms with Gasteiger partial charge < -0.3 is 9.47 Å². The topological polar surface area (TPSA) is 52.6 Å². The third kappa shape index (κ3) is 12.8. The van der Waals surface area contributed by atoms with E-state index in [1.54, 1.807) is 12.2 Å². The van der Waals surface area contributed by atoms with Gasteiger partial charge in [-0.1, -0.05) is 80.9 Å². The fourth-order valence-corrected chi connectivity index (χ4v) is 2.07. The summed E-state index contributed by atoms with van der Waals surface area (Å²) in [6.45, 7) is 5.02. The number of unbranched alkanes of at least 4 members (excludes halogenated alkanes) is 1. The third-order valence-corrected chi connectivity index (χ3v) is 3.61. The normalized spacial score (nSPS) is 10.4. The van der Waals surface area contributed by atoms with Crippen LogP contribution >= 0.6 is 0 Å². The molecule has 154 valence electrons. The van der Waals surface area contributed by atoms with E-state index in [1.807, 2.05) is 67.6 Å². The second kappa shape index (κ2) is 15.9. The number of ether oxygens (including phenoxy) is 2. The summed E-state index contributed by atoms with van der Waals surface area (Å²) in [4.78, 5) is 22.2. The van der Waals surface area contributed by atoms with Crippen LogP contribution in [0.5, 0.6) is 0 Å². The zero-order valence-electron chi connectivity index (χ0n) is 17.3. The minimum atomic E-state index is -0.282. The Balaban J connectivity index is 0.000000291. The Kier molecular flexibility index (Phi) is 13.1. The van der Waals surface area contributed by atoms with E-state index in [-0.39, 0.29) is 11.9 Å². The number of carbonyl (C=O) groups excluding carboxylic acids is 2. The molecular weight excluding hydrogens is 364 g/mol. The Morgan fingerprint density at radius 1 is 0.690 bits per heavy atom. The minimum absolute atomic E-state index is 0.271. The number of esters is 2. The van der Waals surface area contributed by atoms with Crippen molar-refractivity contribution in [3.8, 4) is 0 Å². The summed E-state index contributed by atoms with van der Waals surface area (Å²) in [5.74, 6) is -0.553. The lowest BCUT2D eigenvalue weighted by Crippen LogP contribution is -2.01. The highest BCUT2D eigenvalue weighted by molar-refractivity contribution is 5.87. The SMILES string of the molecule is CCCCOC(=O)C=Cc1ccccc1.CCCOC(=O)C=Cc1ccccc1. The quantitative estimate of drug-likeness (QED) is 0.311. The van der Waals surface area contributed by atoms with Gasteiger partial charge in [-0.05, 0) is 36.1 Å². The van der Waals surface area contributed by atoms with Crippen molar-refractivity contribution in [3.63, 3.8) is 0 Å². The summed E-state index contributed by atoms with van der Waals surface area (Å²) in [6.07, 6.45) is 9.23. The van der Waals surface area contributed by atoms with Crippen LogP contribution in [0.15, 0.2) is 72.8 Å². The van der Waals surface area contributed by atoms with E-state index in [2.05, 4.69) is 6.92 Å². The molecule has 0 saturated heterocycles. The summed E-state index contributed by atoms with van der Waals surface area (Å²) < 4.78 is 9.87. The van der Waals surface area contributed by atoms with E-state index in [0.29, 0.717) is 13.2 Å². The van der Waals surface area contributed by atoms with E-state index in [4.69, 9.17) is 9.47 Å². The van der Waals surface area contributed by atoms with Crippen LogP contribution in [0.1, 0.15) is 44.2 Å². The van der Waals surface area contributed by atoms with Crippen LogP contribution in [0, 0.1) is 0 Å². The molecule has 0 heterocycles. The molecule has 0 fully saturated rings. The lowest BCUT2D eigenvalue weighted by Gasteiger charge is -1.98. The van der Waals surface area contributed by atoms with Crippen molar-refractivity contribution in [3.05, 3.63) is 83.9 Å². The monoisotopic (exact) mass is 394 g/mol. The zero-order valence-corrected chi connectivity index (χ0v) is 17.3. The number of carbonyl (C=O) groups is 2. The zero-order chi connectivity index (χ0) is 21.2. The molecule has 0 radical (unpaired) electrons. The lowest BCUT2D eigenvalue weighted by atomic mass is 10.2. The van der Waals surface area contributed by atoms with Gasteiger partial charge in [-0.2, -0.15) is 0 Å². The molecule has 0 bridgehead atoms. The Morgan fingerprint density at radius 2 is 1.14 bits per heavy atom. The molecule has 2 aromatic rings. The van der Waals surface area contributed by atoms with Gasteiger partial charge in [0, 0.05) is 12.2 Å². The molecule has 0 spiro atoms. The number of hydrogen-bond acceptors (Lipinski definition) is 4. The van der Waals surface area contributed by atoms with E-state index in [9.17, 15) is 9.59 Å². The van der Waals surface area contributed by atoms with Gasteiger partial charge in [0.2, 0.25) is 0 Å². The number of hydrogen-bond donors (Lipinski definition) is 0. The molecular formula is C25H30O4. The first-order chi connectivity index (χ1) is 14.2. The van der Waals surface area contributed by atoms with Crippen LogP contribution in [-0.4, -0.2) is 25.2 Å². The average Bonchev–Trinajstić information content (AvgIpc) is 2.77. The average molecular weight is 395 g/mol. The molecule has 0 N–H and O–H groups in total. The van der Waals surface area contributed by atoms with Crippen molar-refractivity contribution >= 4 is 24.1 Å². The van der Waals surface area contributed by atoms with Crippen molar-refractivity contribution in [1.82, 2.24) is 0 Å². The van der Waals surface area contributed by atoms with Gasteiger partial charge in [0.05, 0.1) is 13.2 Å². The molecule has 2 aromatic carbocycles. The molecule has 0 saturated carbocycles. The van der Waals surface area contributed by atoms with Crippen LogP contribution < -0.4 is 0 Å². The summed E-state index contributed by atoms with van der Waals surface area (Å²) in [5.41, 5.74) is 2.01. The summed E-state index contributed by atoms with van der Waals surface area (Å²) in [7, 11) is 0. The van der Waals surface area contributed by atoms with Crippen molar-refractivity contribution in [1.29, 1.82) is 0 Å². The van der Waals surface area contributed by atoms with E-state index in [0.717, 1.165) is 30.4 Å². The van der Waals surface area contributed by atoms with Gasteiger partial charge in [-0.3, -0.25) is 0 Å². The fourth-order valence-electron chi connectivity index (χ4n) is 2.07. The highest BCUT2D eigenvalue weighted by atomic mass is 16.5. The summed E-state index contributed by atoms with van der Waals surface area (Å²) >= 11 is 0. The van der Waals surface area contributed by atoms with Crippen molar-refractivity contribution in [2.75, 3.05) is 13.2 Å². The molecule has 0 aliphatic carbocycles. The van der Waals surface area contributed by atoms with Crippen LogP contribution in [-0.2, 0) is 19.1 Å². The van der Waals surface area contributed by atoms with Crippen molar-refractivity contribution in [2.24, 2.45) is 0 Å². The van der Waals surface area contributed by atoms with E-state index >= 15 is 0 Å². The number of benzene rings is 2. The maximum Gasteiger partial charge on any atom is 0.330 e. The first-order valence-corrected chi connectivity index (χ1v) is 9.95. The largest absolute Gasteiger partial charge is 0.463 e. The van der Waals surface area contributed by atoms with Gasteiger partial charge in [0.1, 0.15) is 0 Å². The summed E-state index contributed by atoms with van der Waals surface area (Å²) in [6, 6.07) is 19.3. The smallest absolute Gasteiger partial charge is 0.330 e. The van der Waals surface area contributed by atoms with Gasteiger partial charge in [-0.25, -0.2) is 9.59 Å². The molecule has 0 aromatic heterocycles. The van der Waals surface area contributed by atoms with E-state index < -0.39 is 0 Å². The first kappa shape index (κ1) is 23.9. The molecule has 0 atom stereocenters. The van der Waals surface area contributed by atoms with Gasteiger partial charge in [0.25, 0.3) is 0 Å². The van der Waals surface area contributed by atoms with Gasteiger partial charge in [0.15, 0.2) is 0 Å². The second-order valence-electron chi connectivity index (χ2n) is 6.18. The predicted molar refractivity (Wildman–Crippen MR) is 118 cm³/mol. The Morgan fingerprint density at radius 3 is 1.55 bits per heavy atom. The standard InChI is InChI=1S/C13H16O2.C12H14O2/c1-2-3-11-15-13(14)10-9-12-7-5-4-6-8-12;1-2-10-14-12(13)9-8-11-6-4-3-5-7-11/h4-10H,2-3,11H2,1H3;3-9H,2,10H2,1H3. The molecule has 0 aliphatic rings. The minimum Gasteiger partial charge on any atom is -0.463 e. The van der Waals surface area contributed by atoms with Crippen LogP contribution in [0.2, 0.25) is 0 Å². The maximum atomic E-state index is 11.2. The van der Waals surface area contributed by atoms with Crippen LogP contribution in [0.3, 0.4) is 0 Å². The Bertz CT molecular complexity index is 749. The van der Waals surface area contributed by atoms with Crippen LogP contribution in [0.4, 0.5) is 0 Å². The fraction of sp³-hybridized carbons (Fsp3) is 0.280. The van der Waals surface area contributed by atoms with Crippen molar-refractivity contribution < 1.29 is 19.1 Å². The molecule has 4 nitrogen and oxygen atoms in total. The van der Waals surface area contributed by atoms with Gasteiger partial charge in [-0.15, -0.1) is 0 Å². The third-order valence-electron chi connectivity index (χ3n) is 3.61.